The molecule has 1 aliphatic carbocycles. The summed E-state index contributed by atoms with van der Waals surface area (Å²) in [4.78, 5) is 10.6. The van der Waals surface area contributed by atoms with E-state index in [0.29, 0.717) is 6.42 Å². The Kier molecular flexibility index (Phi) is 4.52. The molecule has 0 unspecified atom stereocenters. The first-order chi connectivity index (χ1) is 6.29. The lowest BCUT2D eigenvalue weighted by atomic mass is 9.99. The summed E-state index contributed by atoms with van der Waals surface area (Å²) < 4.78 is 0. The second-order valence-electron chi connectivity index (χ2n) is 3.67. The SMILES string of the molecule is CC(=O)CC/C=C\C1=CCCCC1. The van der Waals surface area contributed by atoms with Crippen LogP contribution in [0.3, 0.4) is 0 Å². The molecule has 1 aliphatic rings. The number of carbonyl (C=O) groups is 1. The van der Waals surface area contributed by atoms with E-state index >= 15 is 0 Å². The number of allylic oxidation sites excluding steroid dienone is 4. The van der Waals surface area contributed by atoms with Crippen molar-refractivity contribution < 1.29 is 4.79 Å². The van der Waals surface area contributed by atoms with Crippen LogP contribution in [0.15, 0.2) is 23.8 Å². The van der Waals surface area contributed by atoms with E-state index in [1.54, 1.807) is 6.92 Å². The second-order valence-corrected chi connectivity index (χ2v) is 3.67. The van der Waals surface area contributed by atoms with E-state index < -0.39 is 0 Å². The number of carbonyl (C=O) groups excluding carboxylic acids is 1. The first-order valence-corrected chi connectivity index (χ1v) is 5.14. The van der Waals surface area contributed by atoms with Crippen LogP contribution >= 0.6 is 0 Å². The van der Waals surface area contributed by atoms with Gasteiger partial charge in [0.1, 0.15) is 5.78 Å². The first-order valence-electron chi connectivity index (χ1n) is 5.14. The molecule has 0 spiro atoms. The monoisotopic (exact) mass is 178 g/mol. The summed E-state index contributed by atoms with van der Waals surface area (Å²) in [5.74, 6) is 0.280. The van der Waals surface area contributed by atoms with Crippen LogP contribution in [-0.2, 0) is 4.79 Å². The van der Waals surface area contributed by atoms with Crippen LogP contribution in [0.2, 0.25) is 0 Å². The Morgan fingerprint density at radius 2 is 2.38 bits per heavy atom. The fraction of sp³-hybridized carbons (Fsp3) is 0.583. The van der Waals surface area contributed by atoms with Gasteiger partial charge >= 0.3 is 0 Å². The predicted octanol–water partition coefficient (Wildman–Crippen LogP) is 3.41. The van der Waals surface area contributed by atoms with Gasteiger partial charge in [-0.2, -0.15) is 0 Å². The van der Waals surface area contributed by atoms with Crippen LogP contribution < -0.4 is 0 Å². The first kappa shape index (κ1) is 10.2. The van der Waals surface area contributed by atoms with Crippen molar-refractivity contribution in [3.05, 3.63) is 23.8 Å². The highest BCUT2D eigenvalue weighted by Gasteiger charge is 1.98. The van der Waals surface area contributed by atoms with Crippen LogP contribution in [0.4, 0.5) is 0 Å². The van der Waals surface area contributed by atoms with Gasteiger partial charge in [0.25, 0.3) is 0 Å². The second kappa shape index (κ2) is 5.74. The van der Waals surface area contributed by atoms with Crippen LogP contribution in [-0.4, -0.2) is 5.78 Å². The third-order valence-corrected chi connectivity index (χ3v) is 2.32. The van der Waals surface area contributed by atoms with Crippen molar-refractivity contribution in [3.63, 3.8) is 0 Å². The molecule has 0 aromatic rings. The molecule has 1 heteroatoms. The molecule has 0 aromatic carbocycles. The lowest BCUT2D eigenvalue weighted by molar-refractivity contribution is -0.116. The van der Waals surface area contributed by atoms with Gasteiger partial charge in [-0.05, 0) is 39.0 Å². The van der Waals surface area contributed by atoms with Crippen molar-refractivity contribution in [1.82, 2.24) is 0 Å². The average molecular weight is 178 g/mol. The number of ketones is 1. The van der Waals surface area contributed by atoms with Crippen molar-refractivity contribution in [1.29, 1.82) is 0 Å². The van der Waals surface area contributed by atoms with E-state index in [2.05, 4.69) is 18.2 Å². The normalized spacial score (nSPS) is 17.5. The predicted molar refractivity (Wildman–Crippen MR) is 55.6 cm³/mol. The summed E-state index contributed by atoms with van der Waals surface area (Å²) in [5.41, 5.74) is 1.45. The largest absolute Gasteiger partial charge is 0.300 e. The van der Waals surface area contributed by atoms with Gasteiger partial charge in [-0.1, -0.05) is 23.8 Å². The summed E-state index contributed by atoms with van der Waals surface area (Å²) in [6.45, 7) is 1.65. The van der Waals surface area contributed by atoms with E-state index in [4.69, 9.17) is 0 Å². The summed E-state index contributed by atoms with van der Waals surface area (Å²) in [7, 11) is 0. The molecule has 0 amide bonds. The Balaban J connectivity index is 2.22. The minimum Gasteiger partial charge on any atom is -0.300 e. The van der Waals surface area contributed by atoms with Gasteiger partial charge in [0, 0.05) is 6.42 Å². The molecular weight excluding hydrogens is 160 g/mol. The Morgan fingerprint density at radius 1 is 1.54 bits per heavy atom. The molecular formula is C12H18O. The molecule has 13 heavy (non-hydrogen) atoms. The maximum atomic E-state index is 10.6. The van der Waals surface area contributed by atoms with Gasteiger partial charge in [-0.25, -0.2) is 0 Å². The van der Waals surface area contributed by atoms with Gasteiger partial charge < -0.3 is 4.79 Å². The zero-order valence-corrected chi connectivity index (χ0v) is 8.38. The molecule has 0 saturated carbocycles. The minimum absolute atomic E-state index is 0.280. The van der Waals surface area contributed by atoms with E-state index in [9.17, 15) is 4.79 Å². The van der Waals surface area contributed by atoms with Gasteiger partial charge in [-0.15, -0.1) is 0 Å². The molecule has 0 aromatic heterocycles. The van der Waals surface area contributed by atoms with Crippen LogP contribution in [0.25, 0.3) is 0 Å². The van der Waals surface area contributed by atoms with Crippen LogP contribution in [0, 0.1) is 0 Å². The van der Waals surface area contributed by atoms with E-state index in [0.717, 1.165) is 6.42 Å². The summed E-state index contributed by atoms with van der Waals surface area (Å²) in [6, 6.07) is 0. The smallest absolute Gasteiger partial charge is 0.130 e. The maximum Gasteiger partial charge on any atom is 0.130 e. The van der Waals surface area contributed by atoms with Gasteiger partial charge in [-0.3, -0.25) is 0 Å². The van der Waals surface area contributed by atoms with Crippen molar-refractivity contribution in [2.45, 2.75) is 45.4 Å². The molecule has 0 heterocycles. The molecule has 0 N–H and O–H groups in total. The van der Waals surface area contributed by atoms with Crippen molar-refractivity contribution in [2.24, 2.45) is 0 Å². The summed E-state index contributed by atoms with van der Waals surface area (Å²) in [6.07, 6.45) is 13.3. The third kappa shape index (κ3) is 4.66. The molecule has 1 rings (SSSR count). The Labute approximate surface area is 80.5 Å². The molecule has 0 bridgehead atoms. The number of Topliss-reactive ketones (excluding diaryl/α,β-unsaturated/α-hetero) is 1. The maximum absolute atomic E-state index is 10.6. The fourth-order valence-electron chi connectivity index (χ4n) is 1.54. The molecule has 0 saturated heterocycles. The quantitative estimate of drug-likeness (QED) is 0.644. The Bertz CT molecular complexity index is 223. The molecule has 72 valence electrons. The minimum atomic E-state index is 0.280. The zero-order valence-electron chi connectivity index (χ0n) is 8.38. The topological polar surface area (TPSA) is 17.1 Å². The molecule has 0 aliphatic heterocycles. The van der Waals surface area contributed by atoms with E-state index in [1.807, 2.05) is 0 Å². The Hall–Kier alpha value is -0.850. The number of hydrogen-bond donors (Lipinski definition) is 0. The fourth-order valence-corrected chi connectivity index (χ4v) is 1.54. The van der Waals surface area contributed by atoms with Gasteiger partial charge in [0.2, 0.25) is 0 Å². The number of rotatable bonds is 4. The molecule has 0 fully saturated rings. The third-order valence-electron chi connectivity index (χ3n) is 2.32. The van der Waals surface area contributed by atoms with Gasteiger partial charge in [0.05, 0.1) is 0 Å². The molecule has 0 radical (unpaired) electrons. The summed E-state index contributed by atoms with van der Waals surface area (Å²) in [5, 5.41) is 0. The highest BCUT2D eigenvalue weighted by Crippen LogP contribution is 2.18. The van der Waals surface area contributed by atoms with Crippen molar-refractivity contribution >= 4 is 5.78 Å². The standard InChI is InChI=1S/C12H18O/c1-11(13)7-5-6-10-12-8-3-2-4-9-12/h6,8,10H,2-5,7,9H2,1H3/b10-6-. The van der Waals surface area contributed by atoms with Crippen molar-refractivity contribution in [3.8, 4) is 0 Å². The number of hydrogen-bond acceptors (Lipinski definition) is 1. The summed E-state index contributed by atoms with van der Waals surface area (Å²) >= 11 is 0. The van der Waals surface area contributed by atoms with Gasteiger partial charge in [0.15, 0.2) is 0 Å². The van der Waals surface area contributed by atoms with E-state index in [-0.39, 0.29) is 5.78 Å². The molecule has 1 nitrogen and oxygen atoms in total. The molecule has 0 atom stereocenters. The highest BCUT2D eigenvalue weighted by atomic mass is 16.1. The lowest BCUT2D eigenvalue weighted by Gasteiger charge is -2.07. The van der Waals surface area contributed by atoms with Crippen LogP contribution in [0.1, 0.15) is 45.4 Å². The lowest BCUT2D eigenvalue weighted by Crippen LogP contribution is -1.89. The zero-order chi connectivity index (χ0) is 9.52. The average Bonchev–Trinajstić information content (AvgIpc) is 2.14. The van der Waals surface area contributed by atoms with E-state index in [1.165, 1.54) is 31.3 Å². The Morgan fingerprint density at radius 3 is 3.00 bits per heavy atom. The highest BCUT2D eigenvalue weighted by molar-refractivity contribution is 5.75. The van der Waals surface area contributed by atoms with Crippen LogP contribution in [0.5, 0.6) is 0 Å². The van der Waals surface area contributed by atoms with Crippen molar-refractivity contribution in [2.75, 3.05) is 0 Å².